The first-order valence-electron chi connectivity index (χ1n) is 8.63. The van der Waals surface area contributed by atoms with Crippen LogP contribution in [0.3, 0.4) is 0 Å². The van der Waals surface area contributed by atoms with Crippen LogP contribution < -0.4 is 5.32 Å². The van der Waals surface area contributed by atoms with E-state index in [9.17, 15) is 4.79 Å². The minimum Gasteiger partial charge on any atom is -0.325 e. The van der Waals surface area contributed by atoms with Crippen molar-refractivity contribution in [2.45, 2.75) is 46.1 Å². The molecule has 0 bridgehead atoms. The Morgan fingerprint density at radius 3 is 2.88 bits per heavy atom. The molecule has 1 saturated heterocycles. The van der Waals surface area contributed by atoms with Crippen LogP contribution in [-0.4, -0.2) is 39.1 Å². The highest BCUT2D eigenvalue weighted by Crippen LogP contribution is 2.30. The molecule has 0 spiro atoms. The molecule has 1 aromatic carbocycles. The van der Waals surface area contributed by atoms with Gasteiger partial charge in [0.15, 0.2) is 5.82 Å². The minimum absolute atomic E-state index is 0.0225. The van der Waals surface area contributed by atoms with Crippen molar-refractivity contribution in [1.82, 2.24) is 20.1 Å². The van der Waals surface area contributed by atoms with Gasteiger partial charge >= 0.3 is 0 Å². The number of likely N-dealkylation sites (tertiary alicyclic amines) is 1. The van der Waals surface area contributed by atoms with E-state index < -0.39 is 0 Å². The molecule has 1 fully saturated rings. The molecule has 3 rings (SSSR count). The maximum absolute atomic E-state index is 12.4. The lowest BCUT2D eigenvalue weighted by atomic mass is 10.1. The lowest BCUT2D eigenvalue weighted by Crippen LogP contribution is -2.28. The van der Waals surface area contributed by atoms with Crippen molar-refractivity contribution >= 4 is 23.2 Å². The monoisotopic (exact) mass is 361 g/mol. The molecule has 7 heteroatoms. The molecule has 2 heterocycles. The first-order valence-corrected chi connectivity index (χ1v) is 9.01. The first-order chi connectivity index (χ1) is 11.9. The summed E-state index contributed by atoms with van der Waals surface area (Å²) < 4.78 is 0. The van der Waals surface area contributed by atoms with Gasteiger partial charge in [-0.15, -0.1) is 0 Å². The normalized spacial score (nSPS) is 17.8. The van der Waals surface area contributed by atoms with Crippen LogP contribution in [0.4, 0.5) is 5.69 Å². The number of hydrogen-bond donors (Lipinski definition) is 2. The third-order valence-corrected chi connectivity index (χ3v) is 4.90. The zero-order chi connectivity index (χ0) is 18.0. The fourth-order valence-electron chi connectivity index (χ4n) is 3.42. The number of hydrogen-bond acceptors (Lipinski definition) is 4. The molecule has 1 atom stereocenters. The largest absolute Gasteiger partial charge is 0.325 e. The first kappa shape index (κ1) is 17.9. The summed E-state index contributed by atoms with van der Waals surface area (Å²) >= 11 is 6.27. The van der Waals surface area contributed by atoms with Crippen molar-refractivity contribution in [1.29, 1.82) is 0 Å². The fourth-order valence-corrected chi connectivity index (χ4v) is 3.78. The number of halogens is 1. The van der Waals surface area contributed by atoms with Crippen molar-refractivity contribution < 1.29 is 4.79 Å². The second kappa shape index (κ2) is 7.54. The number of aryl methyl sites for hydroxylation is 3. The summed E-state index contributed by atoms with van der Waals surface area (Å²) in [4.78, 5) is 19.1. The topological polar surface area (TPSA) is 73.9 Å². The lowest BCUT2D eigenvalue weighted by molar-refractivity contribution is -0.116. The quantitative estimate of drug-likeness (QED) is 0.854. The van der Waals surface area contributed by atoms with E-state index in [0.29, 0.717) is 23.7 Å². The van der Waals surface area contributed by atoms with E-state index >= 15 is 0 Å². The molecule has 0 saturated carbocycles. The maximum atomic E-state index is 12.4. The van der Waals surface area contributed by atoms with Gasteiger partial charge in [0.05, 0.1) is 16.8 Å². The number of amides is 1. The predicted molar refractivity (Wildman–Crippen MR) is 98.8 cm³/mol. The van der Waals surface area contributed by atoms with E-state index in [1.54, 1.807) is 0 Å². The van der Waals surface area contributed by atoms with Gasteiger partial charge in [-0.3, -0.25) is 14.8 Å². The molecule has 134 valence electrons. The van der Waals surface area contributed by atoms with Gasteiger partial charge in [-0.1, -0.05) is 17.7 Å². The Balaban J connectivity index is 1.59. The fraction of sp³-hybridized carbons (Fsp3) is 0.500. The van der Waals surface area contributed by atoms with Crippen LogP contribution in [0.2, 0.25) is 5.02 Å². The molecular weight excluding hydrogens is 338 g/mol. The van der Waals surface area contributed by atoms with Crippen LogP contribution in [0.1, 0.15) is 48.1 Å². The number of rotatable bonds is 5. The van der Waals surface area contributed by atoms with Crippen LogP contribution in [0.15, 0.2) is 12.1 Å². The molecule has 6 nitrogen and oxygen atoms in total. The highest BCUT2D eigenvalue weighted by atomic mass is 35.5. The Morgan fingerprint density at radius 1 is 1.40 bits per heavy atom. The number of benzene rings is 1. The summed E-state index contributed by atoms with van der Waals surface area (Å²) in [6, 6.07) is 4.08. The number of carbonyl (C=O) groups excluding carboxylic acids is 1. The summed E-state index contributed by atoms with van der Waals surface area (Å²) in [5.41, 5.74) is 2.77. The molecular formula is C18H24ClN5O. The SMILES string of the molecule is Cc1cc(C)c(NC(=O)CCN2CCCC2c2n[nH]c(C)n2)c(Cl)c1. The Bertz CT molecular complexity index is 750. The highest BCUT2D eigenvalue weighted by Gasteiger charge is 2.29. The maximum Gasteiger partial charge on any atom is 0.225 e. The average molecular weight is 362 g/mol. The molecule has 1 aliphatic heterocycles. The van der Waals surface area contributed by atoms with Gasteiger partial charge in [0, 0.05) is 13.0 Å². The van der Waals surface area contributed by atoms with Crippen LogP contribution in [-0.2, 0) is 4.79 Å². The van der Waals surface area contributed by atoms with Crippen molar-refractivity contribution in [3.8, 4) is 0 Å². The van der Waals surface area contributed by atoms with E-state index in [2.05, 4.69) is 25.4 Å². The summed E-state index contributed by atoms with van der Waals surface area (Å²) in [6.07, 6.45) is 2.55. The van der Waals surface area contributed by atoms with E-state index in [1.807, 2.05) is 32.9 Å². The van der Waals surface area contributed by atoms with Gasteiger partial charge in [-0.25, -0.2) is 4.98 Å². The molecule has 25 heavy (non-hydrogen) atoms. The smallest absolute Gasteiger partial charge is 0.225 e. The molecule has 1 amide bonds. The Kier molecular flexibility index (Phi) is 5.39. The lowest BCUT2D eigenvalue weighted by Gasteiger charge is -2.22. The number of aromatic nitrogens is 3. The third kappa shape index (κ3) is 4.19. The zero-order valence-corrected chi connectivity index (χ0v) is 15.7. The summed E-state index contributed by atoms with van der Waals surface area (Å²) in [7, 11) is 0. The summed E-state index contributed by atoms with van der Waals surface area (Å²) in [6.45, 7) is 7.50. The second-order valence-corrected chi connectivity index (χ2v) is 7.12. The van der Waals surface area contributed by atoms with Gasteiger partial charge in [0.25, 0.3) is 0 Å². The molecule has 0 aliphatic carbocycles. The minimum atomic E-state index is -0.0225. The van der Waals surface area contributed by atoms with Gasteiger partial charge in [0.1, 0.15) is 5.82 Å². The molecule has 1 aliphatic rings. The third-order valence-electron chi connectivity index (χ3n) is 4.60. The van der Waals surface area contributed by atoms with E-state index in [-0.39, 0.29) is 11.9 Å². The van der Waals surface area contributed by atoms with Gasteiger partial charge in [-0.2, -0.15) is 5.10 Å². The van der Waals surface area contributed by atoms with Crippen molar-refractivity contribution in [3.63, 3.8) is 0 Å². The van der Waals surface area contributed by atoms with E-state index in [4.69, 9.17) is 11.6 Å². The highest BCUT2D eigenvalue weighted by molar-refractivity contribution is 6.34. The number of aromatic amines is 1. The molecule has 1 unspecified atom stereocenters. The molecule has 1 aromatic heterocycles. The Hall–Kier alpha value is -1.92. The van der Waals surface area contributed by atoms with E-state index in [0.717, 1.165) is 42.2 Å². The van der Waals surface area contributed by atoms with Crippen LogP contribution in [0.5, 0.6) is 0 Å². The summed E-state index contributed by atoms with van der Waals surface area (Å²) in [5, 5.41) is 10.7. The van der Waals surface area contributed by atoms with Crippen molar-refractivity contribution in [2.75, 3.05) is 18.4 Å². The van der Waals surface area contributed by atoms with Crippen LogP contribution >= 0.6 is 11.6 Å². The zero-order valence-electron chi connectivity index (χ0n) is 14.9. The van der Waals surface area contributed by atoms with Gasteiger partial charge in [0.2, 0.25) is 5.91 Å². The predicted octanol–water partition coefficient (Wildman–Crippen LogP) is 3.55. The van der Waals surface area contributed by atoms with Crippen molar-refractivity contribution in [3.05, 3.63) is 39.9 Å². The van der Waals surface area contributed by atoms with Crippen LogP contribution in [0.25, 0.3) is 0 Å². The average Bonchev–Trinajstić information content (AvgIpc) is 3.17. The van der Waals surface area contributed by atoms with E-state index in [1.165, 1.54) is 0 Å². The second-order valence-electron chi connectivity index (χ2n) is 6.71. The number of nitrogens with zero attached hydrogens (tertiary/aromatic N) is 3. The summed E-state index contributed by atoms with van der Waals surface area (Å²) in [5.74, 6) is 1.63. The number of nitrogens with one attached hydrogen (secondary N) is 2. The molecule has 2 N–H and O–H groups in total. The number of carbonyl (C=O) groups is 1. The number of anilines is 1. The molecule has 2 aromatic rings. The number of H-pyrrole nitrogens is 1. The van der Waals surface area contributed by atoms with Crippen molar-refractivity contribution in [2.24, 2.45) is 0 Å². The molecule has 0 radical (unpaired) electrons. The van der Waals surface area contributed by atoms with Gasteiger partial charge in [-0.05, 0) is 57.4 Å². The Morgan fingerprint density at radius 2 is 2.20 bits per heavy atom. The Labute approximate surface area is 153 Å². The van der Waals surface area contributed by atoms with Gasteiger partial charge < -0.3 is 5.32 Å². The van der Waals surface area contributed by atoms with Crippen LogP contribution in [0, 0.1) is 20.8 Å². The standard InChI is InChI=1S/C18H24ClN5O/c1-11-9-12(2)17(14(19)10-11)21-16(25)6-8-24-7-4-5-15(24)18-20-13(3)22-23-18/h9-10,15H,4-8H2,1-3H3,(H,21,25)(H,20,22,23).